The molecule has 0 aliphatic rings. The average Bonchev–Trinajstić information content (AvgIpc) is 2.97. The third kappa shape index (κ3) is 2.69. The highest BCUT2D eigenvalue weighted by atomic mass is 79.9. The normalized spacial score (nSPS) is 10.8. The molecule has 1 amide bonds. The van der Waals surface area contributed by atoms with Crippen LogP contribution in [-0.2, 0) is 11.2 Å². The summed E-state index contributed by atoms with van der Waals surface area (Å²) in [4.78, 5) is 19.2. The van der Waals surface area contributed by atoms with Crippen LogP contribution in [0.4, 0.5) is 5.13 Å². The lowest BCUT2D eigenvalue weighted by molar-refractivity contribution is -0.115. The first kappa shape index (κ1) is 12.4. The summed E-state index contributed by atoms with van der Waals surface area (Å²) in [5.41, 5.74) is 2.03. The number of aromatic amines is 1. The first-order valence-corrected chi connectivity index (χ1v) is 7.29. The van der Waals surface area contributed by atoms with Gasteiger partial charge in [0.25, 0.3) is 0 Å². The number of hydrogen-bond donors (Lipinski definition) is 2. The fraction of sp³-hybridized carbons (Fsp3) is 0.0769. The van der Waals surface area contributed by atoms with Gasteiger partial charge in [-0.3, -0.25) is 4.79 Å². The SMILES string of the molecule is O=C(Cc1c[nH]c2ccccc12)Nc1ncc(Br)s1. The molecule has 0 atom stereocenters. The molecule has 2 heterocycles. The van der Waals surface area contributed by atoms with Crippen LogP contribution in [0.2, 0.25) is 0 Å². The summed E-state index contributed by atoms with van der Waals surface area (Å²) in [6.07, 6.45) is 3.88. The highest BCUT2D eigenvalue weighted by Crippen LogP contribution is 2.24. The summed E-state index contributed by atoms with van der Waals surface area (Å²) in [5.74, 6) is -0.0633. The van der Waals surface area contributed by atoms with Gasteiger partial charge in [0.15, 0.2) is 5.13 Å². The Labute approximate surface area is 122 Å². The molecule has 3 aromatic rings. The Hall–Kier alpha value is -1.66. The number of aromatic nitrogens is 2. The van der Waals surface area contributed by atoms with Crippen LogP contribution < -0.4 is 5.32 Å². The molecule has 3 rings (SSSR count). The van der Waals surface area contributed by atoms with Gasteiger partial charge < -0.3 is 10.3 Å². The van der Waals surface area contributed by atoms with Crippen LogP contribution >= 0.6 is 27.3 Å². The quantitative estimate of drug-likeness (QED) is 0.768. The molecular formula is C13H10BrN3OS. The number of nitrogens with one attached hydrogen (secondary N) is 2. The molecule has 0 saturated heterocycles. The maximum absolute atomic E-state index is 12.0. The van der Waals surface area contributed by atoms with Crippen molar-refractivity contribution >= 4 is 49.2 Å². The summed E-state index contributed by atoms with van der Waals surface area (Å²) in [6.45, 7) is 0. The van der Waals surface area contributed by atoms with Gasteiger partial charge in [-0.1, -0.05) is 29.5 Å². The molecule has 1 aromatic carbocycles. The van der Waals surface area contributed by atoms with Crippen molar-refractivity contribution in [3.05, 3.63) is 46.0 Å². The van der Waals surface area contributed by atoms with Crippen LogP contribution in [-0.4, -0.2) is 15.9 Å². The second kappa shape index (κ2) is 5.14. The number of fused-ring (bicyclic) bond motifs is 1. The van der Waals surface area contributed by atoms with Crippen molar-refractivity contribution in [2.75, 3.05) is 5.32 Å². The van der Waals surface area contributed by atoms with Crippen LogP contribution in [0.15, 0.2) is 40.4 Å². The fourth-order valence-electron chi connectivity index (χ4n) is 1.93. The van der Waals surface area contributed by atoms with Crippen LogP contribution in [0.3, 0.4) is 0 Å². The molecule has 4 nitrogen and oxygen atoms in total. The van der Waals surface area contributed by atoms with Gasteiger partial charge in [-0.15, -0.1) is 0 Å². The van der Waals surface area contributed by atoms with Crippen molar-refractivity contribution < 1.29 is 4.79 Å². The van der Waals surface area contributed by atoms with E-state index in [4.69, 9.17) is 0 Å². The fourth-order valence-corrected chi connectivity index (χ4v) is 3.05. The Balaban J connectivity index is 1.76. The lowest BCUT2D eigenvalue weighted by Gasteiger charge is -2.00. The van der Waals surface area contributed by atoms with Gasteiger partial charge in [-0.25, -0.2) is 4.98 Å². The molecule has 0 saturated carbocycles. The van der Waals surface area contributed by atoms with Crippen molar-refractivity contribution in [1.82, 2.24) is 9.97 Å². The summed E-state index contributed by atoms with van der Waals surface area (Å²) in [7, 11) is 0. The second-order valence-electron chi connectivity index (χ2n) is 4.05. The third-order valence-corrected chi connectivity index (χ3v) is 4.14. The van der Waals surface area contributed by atoms with E-state index in [1.54, 1.807) is 6.20 Å². The van der Waals surface area contributed by atoms with Crippen LogP contribution in [0.25, 0.3) is 10.9 Å². The van der Waals surface area contributed by atoms with E-state index in [0.717, 1.165) is 20.3 Å². The summed E-state index contributed by atoms with van der Waals surface area (Å²) in [6, 6.07) is 7.94. The number of carbonyl (C=O) groups is 1. The number of halogens is 1. The molecule has 0 radical (unpaired) electrons. The van der Waals surface area contributed by atoms with Crippen molar-refractivity contribution in [3.63, 3.8) is 0 Å². The Bertz CT molecular complexity index is 734. The molecule has 0 aliphatic carbocycles. The number of amides is 1. The monoisotopic (exact) mass is 335 g/mol. The average molecular weight is 336 g/mol. The number of H-pyrrole nitrogens is 1. The molecule has 0 bridgehead atoms. The van der Waals surface area contributed by atoms with E-state index in [-0.39, 0.29) is 5.91 Å². The van der Waals surface area contributed by atoms with Crippen LogP contribution in [0.5, 0.6) is 0 Å². The third-order valence-electron chi connectivity index (χ3n) is 2.75. The van der Waals surface area contributed by atoms with E-state index in [1.807, 2.05) is 30.5 Å². The Kier molecular flexibility index (Phi) is 3.35. The van der Waals surface area contributed by atoms with E-state index in [0.29, 0.717) is 11.6 Å². The molecule has 0 fully saturated rings. The molecule has 0 aliphatic heterocycles. The number of hydrogen-bond acceptors (Lipinski definition) is 3. The standard InChI is InChI=1S/C13H10BrN3OS/c14-11-7-16-13(19-11)17-12(18)5-8-6-15-10-4-2-1-3-9(8)10/h1-4,6-7,15H,5H2,(H,16,17,18). The number of benzene rings is 1. The zero-order valence-corrected chi connectivity index (χ0v) is 12.2. The highest BCUT2D eigenvalue weighted by Gasteiger charge is 2.10. The van der Waals surface area contributed by atoms with E-state index >= 15 is 0 Å². The van der Waals surface area contributed by atoms with Gasteiger partial charge in [0, 0.05) is 17.1 Å². The first-order valence-electron chi connectivity index (χ1n) is 5.68. The van der Waals surface area contributed by atoms with Crippen molar-refractivity contribution in [1.29, 1.82) is 0 Å². The topological polar surface area (TPSA) is 57.8 Å². The zero-order valence-electron chi connectivity index (χ0n) is 9.81. The molecule has 0 spiro atoms. The predicted molar refractivity (Wildman–Crippen MR) is 80.4 cm³/mol. The molecule has 6 heteroatoms. The highest BCUT2D eigenvalue weighted by molar-refractivity contribution is 9.11. The lowest BCUT2D eigenvalue weighted by Crippen LogP contribution is -2.13. The number of nitrogens with zero attached hydrogens (tertiary/aromatic N) is 1. The molecule has 2 N–H and O–H groups in total. The predicted octanol–water partition coefficient (Wildman–Crippen LogP) is 3.57. The smallest absolute Gasteiger partial charge is 0.230 e. The second-order valence-corrected chi connectivity index (χ2v) is 6.46. The van der Waals surface area contributed by atoms with Gasteiger partial charge >= 0.3 is 0 Å². The Morgan fingerprint density at radius 1 is 1.42 bits per heavy atom. The van der Waals surface area contributed by atoms with Gasteiger partial charge in [0.2, 0.25) is 5.91 Å². The van der Waals surface area contributed by atoms with Crippen molar-refractivity contribution in [2.45, 2.75) is 6.42 Å². The van der Waals surface area contributed by atoms with Crippen molar-refractivity contribution in [3.8, 4) is 0 Å². The summed E-state index contributed by atoms with van der Waals surface area (Å²) in [5, 5.41) is 4.48. The van der Waals surface area contributed by atoms with E-state index in [1.165, 1.54) is 11.3 Å². The van der Waals surface area contributed by atoms with E-state index < -0.39 is 0 Å². The van der Waals surface area contributed by atoms with Crippen molar-refractivity contribution in [2.24, 2.45) is 0 Å². The van der Waals surface area contributed by atoms with E-state index in [9.17, 15) is 4.79 Å². The minimum atomic E-state index is -0.0633. The first-order chi connectivity index (χ1) is 9.22. The number of rotatable bonds is 3. The molecule has 96 valence electrons. The van der Waals surface area contributed by atoms with Gasteiger partial charge in [-0.05, 0) is 27.6 Å². The number of para-hydroxylation sites is 1. The Morgan fingerprint density at radius 2 is 2.26 bits per heavy atom. The lowest BCUT2D eigenvalue weighted by atomic mass is 10.1. The number of anilines is 1. The summed E-state index contributed by atoms with van der Waals surface area (Å²) < 4.78 is 0.898. The molecular weight excluding hydrogens is 326 g/mol. The zero-order chi connectivity index (χ0) is 13.2. The largest absolute Gasteiger partial charge is 0.361 e. The van der Waals surface area contributed by atoms with Gasteiger partial charge in [0.05, 0.1) is 16.4 Å². The minimum Gasteiger partial charge on any atom is -0.361 e. The number of thiazole rings is 1. The molecule has 19 heavy (non-hydrogen) atoms. The molecule has 2 aromatic heterocycles. The summed E-state index contributed by atoms with van der Waals surface area (Å²) >= 11 is 4.71. The number of carbonyl (C=O) groups excluding carboxylic acids is 1. The van der Waals surface area contributed by atoms with Crippen LogP contribution in [0, 0.1) is 0 Å². The maximum Gasteiger partial charge on any atom is 0.230 e. The Morgan fingerprint density at radius 3 is 3.05 bits per heavy atom. The van der Waals surface area contributed by atoms with Gasteiger partial charge in [-0.2, -0.15) is 0 Å². The van der Waals surface area contributed by atoms with Crippen LogP contribution in [0.1, 0.15) is 5.56 Å². The minimum absolute atomic E-state index is 0.0633. The van der Waals surface area contributed by atoms with E-state index in [2.05, 4.69) is 31.2 Å². The molecule has 0 unspecified atom stereocenters. The van der Waals surface area contributed by atoms with Gasteiger partial charge in [0.1, 0.15) is 0 Å². The maximum atomic E-state index is 12.0.